The van der Waals surface area contributed by atoms with E-state index in [1.165, 1.54) is 69.8 Å². The van der Waals surface area contributed by atoms with Crippen LogP contribution in [-0.2, 0) is 9.26 Å². The van der Waals surface area contributed by atoms with Gasteiger partial charge in [0, 0.05) is 8.50 Å². The van der Waals surface area contributed by atoms with Gasteiger partial charge in [0.05, 0.1) is 23.4 Å². The molecule has 260 valence electrons. The quantitative estimate of drug-likeness (QED) is 0.167. The summed E-state index contributed by atoms with van der Waals surface area (Å²) in [4.78, 5) is 0. The Balaban J connectivity index is 0.000000206. The smallest absolute Gasteiger partial charge is 0.0839 e. The van der Waals surface area contributed by atoms with Crippen LogP contribution in [0.3, 0.4) is 0 Å². The molecule has 1 aliphatic heterocycles. The molecule has 5 heteroatoms. The van der Waals surface area contributed by atoms with E-state index in [9.17, 15) is 5.11 Å². The summed E-state index contributed by atoms with van der Waals surface area (Å²) in [5.41, 5.74) is 2.50. The Morgan fingerprint density at radius 1 is 0.822 bits per heavy atom. The highest BCUT2D eigenvalue weighted by Crippen LogP contribution is 2.66. The Labute approximate surface area is 283 Å². The summed E-state index contributed by atoms with van der Waals surface area (Å²) in [6.45, 7) is 28.6. The third-order valence-corrected chi connectivity index (χ3v) is 15.6. The average Bonchev–Trinajstić information content (AvgIpc) is 2.91. The van der Waals surface area contributed by atoms with Gasteiger partial charge in [0.1, 0.15) is 0 Å². The Hall–Kier alpha value is 0.220. The summed E-state index contributed by atoms with van der Waals surface area (Å²) in [5.74, 6) is 2.73. The van der Waals surface area contributed by atoms with Gasteiger partial charge in [0.2, 0.25) is 0 Å². The van der Waals surface area contributed by atoms with Crippen LogP contribution >= 0.6 is 17.4 Å². The van der Waals surface area contributed by atoms with Crippen LogP contribution in [0.5, 0.6) is 0 Å². The predicted octanol–water partition coefficient (Wildman–Crippen LogP) is 11.8. The van der Waals surface area contributed by atoms with Gasteiger partial charge in [0.15, 0.2) is 0 Å². The normalized spacial score (nSPS) is 45.9. The van der Waals surface area contributed by atoms with Crippen molar-refractivity contribution in [3.05, 3.63) is 24.3 Å². The molecule has 0 aromatic rings. The highest BCUT2D eigenvalue weighted by molar-refractivity contribution is 8.00. The molecular weight excluding hydrogens is 590 g/mol. The molecule has 5 rings (SSSR count). The topological polar surface area (TPSA) is 38.7 Å². The lowest BCUT2D eigenvalue weighted by Gasteiger charge is -2.65. The van der Waals surface area contributed by atoms with Crippen molar-refractivity contribution >= 4 is 17.4 Å². The molecule has 4 saturated carbocycles. The second-order valence-corrected chi connectivity index (χ2v) is 20.1. The highest BCUT2D eigenvalue weighted by atomic mass is 32.0. The van der Waals surface area contributed by atoms with Crippen molar-refractivity contribution in [2.75, 3.05) is 6.61 Å². The van der Waals surface area contributed by atoms with Gasteiger partial charge in [-0.05, 0) is 150 Å². The maximum Gasteiger partial charge on any atom is 0.0839 e. The molecule has 0 spiro atoms. The van der Waals surface area contributed by atoms with Crippen molar-refractivity contribution < 1.29 is 14.4 Å². The molecule has 4 aliphatic carbocycles. The van der Waals surface area contributed by atoms with E-state index in [1.54, 1.807) is 0 Å². The molecule has 1 heterocycles. The minimum absolute atomic E-state index is 0.0554. The van der Waals surface area contributed by atoms with Gasteiger partial charge in [-0.2, -0.15) is 0 Å². The van der Waals surface area contributed by atoms with Crippen molar-refractivity contribution in [2.45, 2.75) is 176 Å². The minimum atomic E-state index is -0.517. The van der Waals surface area contributed by atoms with E-state index in [4.69, 9.17) is 9.26 Å². The third kappa shape index (κ3) is 7.69. The molecule has 3 nitrogen and oxygen atoms in total. The number of rotatable bonds is 7. The van der Waals surface area contributed by atoms with Gasteiger partial charge < -0.3 is 14.4 Å². The third-order valence-electron chi connectivity index (χ3n) is 14.8. The fourth-order valence-electron chi connectivity index (χ4n) is 12.5. The van der Waals surface area contributed by atoms with Crippen molar-refractivity contribution in [1.82, 2.24) is 0 Å². The molecule has 0 bridgehead atoms. The first-order chi connectivity index (χ1) is 20.8. The second kappa shape index (κ2) is 13.9. The molecule has 0 aromatic carbocycles. The van der Waals surface area contributed by atoms with Crippen LogP contribution < -0.4 is 0 Å². The summed E-state index contributed by atoms with van der Waals surface area (Å²) in [5, 5.41) is 11.2. The van der Waals surface area contributed by atoms with Crippen molar-refractivity contribution in [1.29, 1.82) is 0 Å². The Bertz CT molecular complexity index is 1070. The lowest BCUT2D eigenvalue weighted by molar-refractivity contribution is -0.252. The Kier molecular flexibility index (Phi) is 11.7. The lowest BCUT2D eigenvalue weighted by Crippen LogP contribution is -2.62. The van der Waals surface area contributed by atoms with E-state index < -0.39 is 5.60 Å². The van der Waals surface area contributed by atoms with Gasteiger partial charge >= 0.3 is 0 Å². The SMILES string of the molecule is C/C(=C/COPP)CCC1C(C)(O)CCC2C(C)(C)CCCC21C.C=C[C@]1(C)CCC2C(C)(CCC3C(C)(C)CCCC32C)O1. The summed E-state index contributed by atoms with van der Waals surface area (Å²) in [6, 6.07) is 0. The number of aliphatic hydroxyl groups is 1. The lowest BCUT2D eigenvalue weighted by atomic mass is 9.44. The number of allylic oxidation sites excluding steroid dienone is 1. The monoisotopic (exact) mass is 662 g/mol. The molecule has 0 amide bonds. The van der Waals surface area contributed by atoms with Crippen LogP contribution in [0.1, 0.15) is 159 Å². The Morgan fingerprint density at radius 3 is 1.98 bits per heavy atom. The fourth-order valence-corrected chi connectivity index (χ4v) is 13.0. The zero-order valence-corrected chi connectivity index (χ0v) is 33.3. The van der Waals surface area contributed by atoms with E-state index in [-0.39, 0.29) is 16.6 Å². The second-order valence-electron chi connectivity index (χ2n) is 18.8. The van der Waals surface area contributed by atoms with Crippen molar-refractivity contribution in [3.63, 3.8) is 0 Å². The summed E-state index contributed by atoms with van der Waals surface area (Å²) in [6.07, 6.45) is 21.7. The van der Waals surface area contributed by atoms with E-state index in [2.05, 4.69) is 90.8 Å². The van der Waals surface area contributed by atoms with Crippen molar-refractivity contribution in [2.24, 2.45) is 45.3 Å². The molecule has 0 aromatic heterocycles. The first-order valence-electron chi connectivity index (χ1n) is 18.6. The number of fused-ring (bicyclic) bond motifs is 4. The van der Waals surface area contributed by atoms with Gasteiger partial charge in [-0.3, -0.25) is 0 Å². The first-order valence-corrected chi connectivity index (χ1v) is 21.3. The van der Waals surface area contributed by atoms with Crippen LogP contribution in [0.4, 0.5) is 0 Å². The predicted molar refractivity (Wildman–Crippen MR) is 199 cm³/mol. The molecule has 5 aliphatic rings. The standard InChI is InChI=1S/C20H38O2P2.C20H34O/c1-15(10-14-22-24-23)7-8-17-19(4)12-6-11-18(2,3)16(19)9-13-20(17,5)21;1-7-18(4)13-9-16-19(5)12-8-11-17(2,3)15(19)10-14-20(16,6)21-18/h10,16-17,21,24H,6-9,11-14,23H2,1-5H3;7,15-16H,1,8-14H2,2-6H3/b15-10-;/t;15?,16?,18-,19?,20?/m.1/s1. The number of hydrogen-bond donors (Lipinski definition) is 1. The van der Waals surface area contributed by atoms with Crippen LogP contribution in [0.2, 0.25) is 0 Å². The molecule has 45 heavy (non-hydrogen) atoms. The van der Waals surface area contributed by atoms with Gasteiger partial charge in [0.25, 0.3) is 0 Å². The van der Waals surface area contributed by atoms with Crippen LogP contribution in [-0.4, -0.2) is 28.5 Å². The first kappa shape index (κ1) is 38.0. The van der Waals surface area contributed by atoms with Crippen LogP contribution in [0.15, 0.2) is 24.3 Å². The zero-order chi connectivity index (χ0) is 33.5. The molecular formula is C40H72O3P2. The molecule has 10 unspecified atom stereocenters. The van der Waals surface area contributed by atoms with Gasteiger partial charge in [-0.1, -0.05) is 81.0 Å². The summed E-state index contributed by atoms with van der Waals surface area (Å²) >= 11 is 0. The number of hydrogen-bond acceptors (Lipinski definition) is 3. The average molecular weight is 663 g/mol. The van der Waals surface area contributed by atoms with Gasteiger partial charge in [-0.25, -0.2) is 0 Å². The largest absolute Gasteiger partial charge is 0.390 e. The van der Waals surface area contributed by atoms with E-state index >= 15 is 0 Å². The fraction of sp³-hybridized carbons (Fsp3) is 0.900. The number of ether oxygens (including phenoxy) is 1. The molecule has 1 saturated heterocycles. The minimum Gasteiger partial charge on any atom is -0.390 e. The maximum atomic E-state index is 11.2. The van der Waals surface area contributed by atoms with E-state index in [1.807, 2.05) is 6.08 Å². The highest BCUT2D eigenvalue weighted by Gasteiger charge is 2.61. The Morgan fingerprint density at radius 2 is 1.38 bits per heavy atom. The maximum absolute atomic E-state index is 11.2. The van der Waals surface area contributed by atoms with Crippen LogP contribution in [0.25, 0.3) is 0 Å². The zero-order valence-electron chi connectivity index (χ0n) is 31.1. The molecule has 0 radical (unpaired) electrons. The van der Waals surface area contributed by atoms with E-state index in [0.717, 1.165) is 43.4 Å². The summed E-state index contributed by atoms with van der Waals surface area (Å²) in [7, 11) is 3.10. The molecule has 11 atom stereocenters. The molecule has 1 N–H and O–H groups in total. The van der Waals surface area contributed by atoms with E-state index in [0.29, 0.717) is 37.3 Å². The van der Waals surface area contributed by atoms with Crippen LogP contribution in [0, 0.1) is 45.3 Å². The van der Waals surface area contributed by atoms with Crippen molar-refractivity contribution in [3.8, 4) is 0 Å². The summed E-state index contributed by atoms with van der Waals surface area (Å²) < 4.78 is 12.1. The van der Waals surface area contributed by atoms with Gasteiger partial charge in [-0.15, -0.1) is 6.58 Å². The molecule has 5 fully saturated rings.